The van der Waals surface area contributed by atoms with Crippen molar-refractivity contribution in [1.82, 2.24) is 9.88 Å². The van der Waals surface area contributed by atoms with E-state index >= 15 is 0 Å². The van der Waals surface area contributed by atoms with E-state index in [2.05, 4.69) is 18.0 Å². The van der Waals surface area contributed by atoms with Gasteiger partial charge in [0.2, 0.25) is 5.91 Å². The van der Waals surface area contributed by atoms with Gasteiger partial charge in [-0.25, -0.2) is 0 Å². The number of aryl methyl sites for hydroxylation is 1. The van der Waals surface area contributed by atoms with Crippen molar-refractivity contribution in [2.45, 2.75) is 26.3 Å². The molecule has 130 valence electrons. The minimum Gasteiger partial charge on any atom is -0.493 e. The molecule has 1 fully saturated rings. The summed E-state index contributed by atoms with van der Waals surface area (Å²) in [7, 11) is 0. The highest BCUT2D eigenvalue weighted by atomic mass is 32.2. The first-order chi connectivity index (χ1) is 12.2. The Hall–Kier alpha value is -2.34. The summed E-state index contributed by atoms with van der Waals surface area (Å²) in [5.41, 5.74) is 3.21. The van der Waals surface area contributed by atoms with Crippen LogP contribution in [0.15, 0.2) is 42.6 Å². The lowest BCUT2D eigenvalue weighted by Gasteiger charge is -2.13. The molecule has 1 saturated heterocycles. The summed E-state index contributed by atoms with van der Waals surface area (Å²) in [6.45, 7) is 3.00. The zero-order chi connectivity index (χ0) is 17.6. The molecule has 0 saturated carbocycles. The molecule has 1 aromatic carbocycles. The van der Waals surface area contributed by atoms with Crippen molar-refractivity contribution in [1.29, 1.82) is 0 Å². The highest BCUT2D eigenvalue weighted by Crippen LogP contribution is 2.22. The molecule has 6 heteroatoms. The number of hydrogen-bond donors (Lipinski definition) is 0. The van der Waals surface area contributed by atoms with Crippen molar-refractivity contribution in [3.8, 4) is 5.75 Å². The number of imide groups is 1. The first-order valence-corrected chi connectivity index (χ1v) is 9.27. The maximum atomic E-state index is 11.6. The van der Waals surface area contributed by atoms with Crippen LogP contribution in [0.4, 0.5) is 4.79 Å². The van der Waals surface area contributed by atoms with Gasteiger partial charge in [0.15, 0.2) is 0 Å². The van der Waals surface area contributed by atoms with E-state index in [9.17, 15) is 9.59 Å². The number of nitrogens with zero attached hydrogens (tertiary/aromatic N) is 2. The van der Waals surface area contributed by atoms with Crippen LogP contribution in [-0.2, 0) is 24.2 Å². The Labute approximate surface area is 151 Å². The van der Waals surface area contributed by atoms with Crippen LogP contribution < -0.4 is 4.74 Å². The van der Waals surface area contributed by atoms with Crippen LogP contribution in [0.3, 0.4) is 0 Å². The monoisotopic (exact) mass is 356 g/mol. The average Bonchev–Trinajstić information content (AvgIpc) is 2.95. The molecule has 0 radical (unpaired) electrons. The first kappa shape index (κ1) is 17.5. The molecule has 0 unspecified atom stereocenters. The van der Waals surface area contributed by atoms with Crippen LogP contribution in [0.5, 0.6) is 5.75 Å². The molecule has 0 bridgehead atoms. The van der Waals surface area contributed by atoms with Gasteiger partial charge in [-0.15, -0.1) is 0 Å². The SMILES string of the molecule is CCc1ccnc(CCOc2ccc(CN3C(=O)CSC3=O)cc2)c1. The largest absolute Gasteiger partial charge is 0.493 e. The van der Waals surface area contributed by atoms with Crippen LogP contribution in [-0.4, -0.2) is 33.4 Å². The molecule has 25 heavy (non-hydrogen) atoms. The van der Waals surface area contributed by atoms with Crippen molar-refractivity contribution in [3.05, 3.63) is 59.4 Å². The average molecular weight is 356 g/mol. The summed E-state index contributed by atoms with van der Waals surface area (Å²) in [6, 6.07) is 11.6. The van der Waals surface area contributed by atoms with Gasteiger partial charge in [0.25, 0.3) is 5.24 Å². The molecule has 1 aliphatic rings. The smallest absolute Gasteiger partial charge is 0.289 e. The molecular formula is C19H20N2O3S. The number of hydrogen-bond acceptors (Lipinski definition) is 5. The van der Waals surface area contributed by atoms with E-state index in [-0.39, 0.29) is 16.9 Å². The standard InChI is InChI=1S/C19H20N2O3S/c1-2-14-7-9-20-16(11-14)8-10-24-17-5-3-15(4-6-17)12-21-18(22)13-25-19(21)23/h3-7,9,11H,2,8,10,12-13H2,1H3. The number of thioether (sulfide) groups is 1. The molecule has 1 aliphatic heterocycles. The fraction of sp³-hybridized carbons (Fsp3) is 0.316. The van der Waals surface area contributed by atoms with Crippen LogP contribution in [0, 0.1) is 0 Å². The molecule has 1 aromatic heterocycles. The van der Waals surface area contributed by atoms with Crippen LogP contribution in [0.2, 0.25) is 0 Å². The van der Waals surface area contributed by atoms with Crippen molar-refractivity contribution in [3.63, 3.8) is 0 Å². The fourth-order valence-corrected chi connectivity index (χ4v) is 3.29. The minimum atomic E-state index is -0.174. The molecule has 0 atom stereocenters. The Kier molecular flexibility index (Phi) is 5.71. The molecule has 2 heterocycles. The normalized spacial score (nSPS) is 14.2. The molecule has 2 amide bonds. The number of benzene rings is 1. The topological polar surface area (TPSA) is 59.5 Å². The molecule has 5 nitrogen and oxygen atoms in total. The molecule has 0 spiro atoms. The van der Waals surface area contributed by atoms with Gasteiger partial charge in [-0.05, 0) is 41.8 Å². The third-order valence-corrected chi connectivity index (χ3v) is 4.88. The third-order valence-electron chi connectivity index (χ3n) is 4.02. The van der Waals surface area contributed by atoms with Gasteiger partial charge in [-0.1, -0.05) is 30.8 Å². The lowest BCUT2D eigenvalue weighted by atomic mass is 10.1. The van der Waals surface area contributed by atoms with Crippen molar-refractivity contribution in [2.24, 2.45) is 0 Å². The first-order valence-electron chi connectivity index (χ1n) is 8.28. The van der Waals surface area contributed by atoms with Gasteiger partial charge in [0.05, 0.1) is 18.9 Å². The Morgan fingerprint density at radius 2 is 1.96 bits per heavy atom. The number of pyridine rings is 1. The highest BCUT2D eigenvalue weighted by Gasteiger charge is 2.29. The fourth-order valence-electron chi connectivity index (χ4n) is 2.57. The van der Waals surface area contributed by atoms with Gasteiger partial charge < -0.3 is 4.74 Å². The van der Waals surface area contributed by atoms with Crippen molar-refractivity contribution in [2.75, 3.05) is 12.4 Å². The molecule has 0 N–H and O–H groups in total. The van der Waals surface area contributed by atoms with Crippen LogP contribution in [0.25, 0.3) is 0 Å². The number of amides is 2. The van der Waals surface area contributed by atoms with Crippen LogP contribution in [0.1, 0.15) is 23.7 Å². The van der Waals surface area contributed by atoms with E-state index in [1.54, 1.807) is 0 Å². The second-order valence-corrected chi connectivity index (χ2v) is 6.71. The van der Waals surface area contributed by atoms with Gasteiger partial charge in [-0.3, -0.25) is 19.5 Å². The predicted octanol–water partition coefficient (Wildman–Crippen LogP) is 3.46. The van der Waals surface area contributed by atoms with Crippen molar-refractivity contribution >= 4 is 22.9 Å². The summed E-state index contributed by atoms with van der Waals surface area (Å²) in [5, 5.41) is -0.174. The zero-order valence-electron chi connectivity index (χ0n) is 14.1. The lowest BCUT2D eigenvalue weighted by molar-refractivity contribution is -0.125. The quantitative estimate of drug-likeness (QED) is 0.760. The van der Waals surface area contributed by atoms with E-state index in [1.807, 2.05) is 36.5 Å². The number of carbonyl (C=O) groups excluding carboxylic acids is 2. The Balaban J connectivity index is 1.50. The second kappa shape index (κ2) is 8.16. The lowest BCUT2D eigenvalue weighted by Crippen LogP contribution is -2.27. The summed E-state index contributed by atoms with van der Waals surface area (Å²) < 4.78 is 5.76. The molecule has 2 aromatic rings. The van der Waals surface area contributed by atoms with E-state index in [0.29, 0.717) is 13.2 Å². The third kappa shape index (κ3) is 4.60. The van der Waals surface area contributed by atoms with E-state index in [4.69, 9.17) is 4.74 Å². The van der Waals surface area contributed by atoms with E-state index in [0.717, 1.165) is 41.6 Å². The summed E-state index contributed by atoms with van der Waals surface area (Å²) in [5.74, 6) is 0.883. The van der Waals surface area contributed by atoms with Gasteiger partial charge in [0.1, 0.15) is 5.75 Å². The summed E-state index contributed by atoms with van der Waals surface area (Å²) in [6.07, 6.45) is 3.59. The summed E-state index contributed by atoms with van der Waals surface area (Å²) in [4.78, 5) is 28.9. The van der Waals surface area contributed by atoms with E-state index < -0.39 is 0 Å². The number of carbonyl (C=O) groups is 2. The summed E-state index contributed by atoms with van der Waals surface area (Å²) >= 11 is 1.05. The van der Waals surface area contributed by atoms with E-state index in [1.165, 1.54) is 10.5 Å². The maximum absolute atomic E-state index is 11.6. The Morgan fingerprint density at radius 3 is 2.64 bits per heavy atom. The van der Waals surface area contributed by atoms with Gasteiger partial charge >= 0.3 is 0 Å². The zero-order valence-corrected chi connectivity index (χ0v) is 14.9. The van der Waals surface area contributed by atoms with Gasteiger partial charge in [-0.2, -0.15) is 0 Å². The van der Waals surface area contributed by atoms with Gasteiger partial charge in [0, 0.05) is 18.3 Å². The molecule has 0 aliphatic carbocycles. The van der Waals surface area contributed by atoms with Crippen LogP contribution >= 0.6 is 11.8 Å². The number of rotatable bonds is 7. The molecule has 3 rings (SSSR count). The van der Waals surface area contributed by atoms with Crippen molar-refractivity contribution < 1.29 is 14.3 Å². The number of ether oxygens (including phenoxy) is 1. The Bertz CT molecular complexity index is 746. The maximum Gasteiger partial charge on any atom is 0.289 e. The Morgan fingerprint density at radius 1 is 1.16 bits per heavy atom. The minimum absolute atomic E-state index is 0.128. The highest BCUT2D eigenvalue weighted by molar-refractivity contribution is 8.14. The molecular weight excluding hydrogens is 336 g/mol. The number of aromatic nitrogens is 1. The second-order valence-electron chi connectivity index (χ2n) is 5.79. The predicted molar refractivity (Wildman–Crippen MR) is 97.7 cm³/mol.